The van der Waals surface area contributed by atoms with Crippen LogP contribution >= 0.6 is 11.8 Å². The Kier molecular flexibility index (Phi) is 4.70. The highest BCUT2D eigenvalue weighted by Crippen LogP contribution is 2.48. The number of pyridine rings is 1. The number of carbonyl (C=O) groups is 1. The van der Waals surface area contributed by atoms with Gasteiger partial charge in [-0.1, -0.05) is 42.5 Å². The minimum Gasteiger partial charge on any atom is -0.464 e. The summed E-state index contributed by atoms with van der Waals surface area (Å²) >= 11 is 1.63. The summed E-state index contributed by atoms with van der Waals surface area (Å²) in [6.45, 7) is 2.13. The molecule has 1 atom stereocenters. The van der Waals surface area contributed by atoms with Gasteiger partial charge in [-0.15, -0.1) is 11.8 Å². The Hall–Kier alpha value is -2.53. The number of nitrogens with zero attached hydrogens (tertiary/aromatic N) is 1. The molecule has 1 aromatic heterocycles. The lowest BCUT2D eigenvalue weighted by atomic mass is 9.95. The van der Waals surface area contributed by atoms with Crippen LogP contribution in [-0.4, -0.2) is 22.9 Å². The molecular formula is C24H23NO3S. The Morgan fingerprint density at radius 2 is 1.93 bits per heavy atom. The van der Waals surface area contributed by atoms with Crippen molar-refractivity contribution in [3.8, 4) is 0 Å². The quantitative estimate of drug-likeness (QED) is 0.579. The van der Waals surface area contributed by atoms with Gasteiger partial charge in [0.1, 0.15) is 6.04 Å². The molecule has 2 aromatic carbocycles. The lowest BCUT2D eigenvalue weighted by Gasteiger charge is -2.18. The third kappa shape index (κ3) is 3.27. The van der Waals surface area contributed by atoms with E-state index in [1.165, 1.54) is 21.9 Å². The van der Waals surface area contributed by atoms with Crippen LogP contribution in [0.5, 0.6) is 0 Å². The summed E-state index contributed by atoms with van der Waals surface area (Å²) in [5.74, 6) is 0.769. The molecule has 0 unspecified atom stereocenters. The van der Waals surface area contributed by atoms with E-state index in [0.717, 1.165) is 29.9 Å². The van der Waals surface area contributed by atoms with Crippen LogP contribution in [0, 0.1) is 0 Å². The maximum atomic E-state index is 13.0. The molecule has 29 heavy (non-hydrogen) atoms. The normalized spacial score (nSPS) is 18.0. The van der Waals surface area contributed by atoms with Gasteiger partial charge >= 0.3 is 5.97 Å². The number of fused-ring (bicyclic) bond motifs is 2. The highest BCUT2D eigenvalue weighted by atomic mass is 32.2. The van der Waals surface area contributed by atoms with Gasteiger partial charge in [0.15, 0.2) is 0 Å². The molecule has 2 heterocycles. The number of ether oxygens (including phenoxy) is 1. The van der Waals surface area contributed by atoms with E-state index in [9.17, 15) is 9.59 Å². The van der Waals surface area contributed by atoms with Crippen molar-refractivity contribution >= 4 is 28.5 Å². The molecule has 1 aliphatic carbocycles. The van der Waals surface area contributed by atoms with Crippen molar-refractivity contribution in [2.45, 2.75) is 43.2 Å². The van der Waals surface area contributed by atoms with Gasteiger partial charge in [-0.05, 0) is 59.6 Å². The summed E-state index contributed by atoms with van der Waals surface area (Å²) in [6, 6.07) is 16.0. The molecule has 4 nitrogen and oxygen atoms in total. The fourth-order valence-corrected chi connectivity index (χ4v) is 5.77. The first kappa shape index (κ1) is 18.5. The van der Waals surface area contributed by atoms with Crippen molar-refractivity contribution in [2.75, 3.05) is 12.4 Å². The van der Waals surface area contributed by atoms with Crippen LogP contribution in [0.3, 0.4) is 0 Å². The summed E-state index contributed by atoms with van der Waals surface area (Å²) in [5.41, 5.74) is 3.52. The number of hydrogen-bond acceptors (Lipinski definition) is 4. The van der Waals surface area contributed by atoms with Crippen LogP contribution in [0.1, 0.15) is 48.4 Å². The second kappa shape index (κ2) is 7.38. The van der Waals surface area contributed by atoms with Gasteiger partial charge in [0.25, 0.3) is 5.56 Å². The van der Waals surface area contributed by atoms with Crippen LogP contribution in [0.4, 0.5) is 0 Å². The van der Waals surface area contributed by atoms with Gasteiger partial charge in [-0.2, -0.15) is 0 Å². The van der Waals surface area contributed by atoms with Crippen LogP contribution in [0.2, 0.25) is 0 Å². The largest absolute Gasteiger partial charge is 0.464 e. The first-order chi connectivity index (χ1) is 14.2. The molecule has 5 heteroatoms. The zero-order valence-corrected chi connectivity index (χ0v) is 17.2. The summed E-state index contributed by atoms with van der Waals surface area (Å²) in [6.07, 6.45) is 3.04. The molecule has 2 aliphatic rings. The van der Waals surface area contributed by atoms with Crippen molar-refractivity contribution in [2.24, 2.45) is 0 Å². The van der Waals surface area contributed by atoms with E-state index in [0.29, 0.717) is 18.3 Å². The van der Waals surface area contributed by atoms with Gasteiger partial charge in [0, 0.05) is 11.8 Å². The minimum absolute atomic E-state index is 0.0947. The van der Waals surface area contributed by atoms with Crippen molar-refractivity contribution in [3.05, 3.63) is 75.6 Å². The fourth-order valence-electron chi connectivity index (χ4n) is 4.36. The molecule has 1 fully saturated rings. The Balaban J connectivity index is 1.61. The predicted octanol–water partition coefficient (Wildman–Crippen LogP) is 4.68. The third-order valence-electron chi connectivity index (χ3n) is 5.83. The minimum atomic E-state index is -0.508. The lowest BCUT2D eigenvalue weighted by molar-refractivity contribution is -0.146. The zero-order valence-electron chi connectivity index (χ0n) is 16.4. The van der Waals surface area contributed by atoms with E-state index in [4.69, 9.17) is 4.74 Å². The first-order valence-electron chi connectivity index (χ1n) is 10.2. The topological polar surface area (TPSA) is 48.3 Å². The molecule has 5 rings (SSSR count). The van der Waals surface area contributed by atoms with Crippen molar-refractivity contribution in [3.63, 3.8) is 0 Å². The Morgan fingerprint density at radius 1 is 1.14 bits per heavy atom. The maximum absolute atomic E-state index is 13.0. The molecule has 0 spiro atoms. The van der Waals surface area contributed by atoms with Crippen LogP contribution in [-0.2, 0) is 16.0 Å². The van der Waals surface area contributed by atoms with Crippen molar-refractivity contribution in [1.29, 1.82) is 0 Å². The van der Waals surface area contributed by atoms with Crippen LogP contribution in [0.15, 0.2) is 58.4 Å². The Morgan fingerprint density at radius 3 is 2.72 bits per heavy atom. The number of esters is 1. The molecule has 0 radical (unpaired) electrons. The zero-order chi connectivity index (χ0) is 20.0. The molecule has 148 valence electrons. The smallest absolute Gasteiger partial charge is 0.330 e. The highest BCUT2D eigenvalue weighted by Gasteiger charge is 2.38. The van der Waals surface area contributed by atoms with Crippen molar-refractivity contribution < 1.29 is 9.53 Å². The Labute approximate surface area is 173 Å². The van der Waals surface area contributed by atoms with Crippen LogP contribution in [0.25, 0.3) is 10.8 Å². The highest BCUT2D eigenvalue weighted by molar-refractivity contribution is 7.99. The number of rotatable bonds is 5. The average molecular weight is 406 g/mol. The number of benzene rings is 2. The summed E-state index contributed by atoms with van der Waals surface area (Å²) in [4.78, 5) is 25.4. The fraction of sp³-hybridized carbons (Fsp3) is 0.333. The number of aromatic nitrogens is 1. The number of hydrogen-bond donors (Lipinski definition) is 0. The molecule has 1 aliphatic heterocycles. The number of thioether (sulfide) groups is 1. The summed E-state index contributed by atoms with van der Waals surface area (Å²) in [5, 5.41) is 3.43. The van der Waals surface area contributed by atoms with Crippen molar-refractivity contribution in [1.82, 2.24) is 4.57 Å². The Bertz CT molecular complexity index is 1160. The van der Waals surface area contributed by atoms with E-state index >= 15 is 0 Å². The van der Waals surface area contributed by atoms with E-state index in [2.05, 4.69) is 42.5 Å². The second-order valence-electron chi connectivity index (χ2n) is 7.76. The molecule has 0 bridgehead atoms. The number of carbonyl (C=O) groups excluding carboxylic acids is 1. The molecule has 0 saturated heterocycles. The maximum Gasteiger partial charge on any atom is 0.330 e. The monoisotopic (exact) mass is 405 g/mol. The molecule has 3 aromatic rings. The third-order valence-corrected chi connectivity index (χ3v) is 7.00. The van der Waals surface area contributed by atoms with Gasteiger partial charge < -0.3 is 4.74 Å². The van der Waals surface area contributed by atoms with E-state index < -0.39 is 6.04 Å². The first-order valence-corrected chi connectivity index (χ1v) is 11.2. The van der Waals surface area contributed by atoms with Gasteiger partial charge in [0.05, 0.1) is 11.6 Å². The average Bonchev–Trinajstić information content (AvgIpc) is 3.45. The molecule has 1 saturated carbocycles. The van der Waals surface area contributed by atoms with Crippen LogP contribution < -0.4 is 5.56 Å². The molecule has 0 amide bonds. The van der Waals surface area contributed by atoms with E-state index in [1.807, 2.05) is 0 Å². The summed E-state index contributed by atoms with van der Waals surface area (Å²) in [7, 11) is 0. The molecule has 0 N–H and O–H groups in total. The van der Waals surface area contributed by atoms with Gasteiger partial charge in [-0.3, -0.25) is 9.36 Å². The summed E-state index contributed by atoms with van der Waals surface area (Å²) < 4.78 is 6.90. The molecular weight excluding hydrogens is 382 g/mol. The SMILES string of the molecule is CCOC(=O)[C@H]1CSc2c(C3CC3)c(Cc3cccc4ccccc34)cc(=O)n21. The van der Waals surface area contributed by atoms with Gasteiger partial charge in [-0.25, -0.2) is 4.79 Å². The van der Waals surface area contributed by atoms with E-state index in [1.54, 1.807) is 29.3 Å². The standard InChI is InChI=1S/C24H23NO3S/c1-2-28-24(27)20-14-29-23-22(16-10-11-16)18(13-21(26)25(20)23)12-17-8-5-7-15-6-3-4-9-19(15)17/h3-9,13,16,20H,2,10-12,14H2,1H3/t20-/m1/s1. The van der Waals surface area contributed by atoms with Gasteiger partial charge in [0.2, 0.25) is 0 Å². The predicted molar refractivity (Wildman–Crippen MR) is 116 cm³/mol. The van der Waals surface area contributed by atoms with E-state index in [-0.39, 0.29) is 11.5 Å². The lowest BCUT2D eigenvalue weighted by Crippen LogP contribution is -2.30. The second-order valence-corrected chi connectivity index (χ2v) is 8.77.